The van der Waals surface area contributed by atoms with Crippen molar-refractivity contribution in [1.82, 2.24) is 9.66 Å². The molecule has 4 aromatic rings. The third kappa shape index (κ3) is 5.58. The Morgan fingerprint density at radius 1 is 1.11 bits per heavy atom. The number of ether oxygens (including phenoxy) is 2. The first-order valence-corrected chi connectivity index (χ1v) is 13.4. The fourth-order valence-electron chi connectivity index (χ4n) is 4.17. The van der Waals surface area contributed by atoms with Crippen LogP contribution in [0.3, 0.4) is 0 Å². The maximum absolute atomic E-state index is 13.7. The molecule has 6 nitrogen and oxygen atoms in total. The zero-order chi connectivity index (χ0) is 26.7. The van der Waals surface area contributed by atoms with Gasteiger partial charge in [0.2, 0.25) is 0 Å². The van der Waals surface area contributed by atoms with Crippen molar-refractivity contribution < 1.29 is 9.47 Å². The van der Waals surface area contributed by atoms with E-state index in [1.807, 2.05) is 45.0 Å². The van der Waals surface area contributed by atoms with Crippen molar-refractivity contribution >= 4 is 44.6 Å². The molecule has 0 saturated carbocycles. The van der Waals surface area contributed by atoms with Gasteiger partial charge in [-0.15, -0.1) is 0 Å². The van der Waals surface area contributed by atoms with E-state index in [0.717, 1.165) is 22.4 Å². The molecule has 8 heteroatoms. The highest BCUT2D eigenvalue weighted by Crippen LogP contribution is 2.35. The summed E-state index contributed by atoms with van der Waals surface area (Å²) in [6.07, 6.45) is 1.58. The fourth-order valence-corrected chi connectivity index (χ4v) is 5.12. The lowest BCUT2D eigenvalue weighted by Crippen LogP contribution is -2.21. The predicted octanol–water partition coefficient (Wildman–Crippen LogP) is 7.59. The zero-order valence-corrected chi connectivity index (χ0v) is 23.9. The maximum Gasteiger partial charge on any atom is 0.282 e. The summed E-state index contributed by atoms with van der Waals surface area (Å²) in [5, 5.41) is 5.63. The van der Waals surface area contributed by atoms with Gasteiger partial charge in [0.05, 0.1) is 34.8 Å². The number of nitrogens with zero attached hydrogens (tertiary/aromatic N) is 3. The number of hydrogen-bond donors (Lipinski definition) is 0. The molecule has 0 spiro atoms. The van der Waals surface area contributed by atoms with E-state index in [4.69, 9.17) is 26.1 Å². The van der Waals surface area contributed by atoms with Gasteiger partial charge in [-0.1, -0.05) is 37.6 Å². The normalized spacial score (nSPS) is 11.6. The van der Waals surface area contributed by atoms with Crippen molar-refractivity contribution in [1.29, 1.82) is 0 Å². The van der Waals surface area contributed by atoms with Crippen molar-refractivity contribution in [3.63, 3.8) is 0 Å². The molecule has 0 radical (unpaired) electrons. The second kappa shape index (κ2) is 11.5. The van der Waals surface area contributed by atoms with Crippen molar-refractivity contribution in [3.05, 3.63) is 85.1 Å². The highest BCUT2D eigenvalue weighted by molar-refractivity contribution is 9.10. The van der Waals surface area contributed by atoms with Crippen LogP contribution in [0.2, 0.25) is 5.02 Å². The standard InChI is InChI=1S/C29H29BrClN3O3/c1-6-36-26-12-18(5)23(15-22(26)17(3)4)28-33-25-11-9-8-10-21(25)29(35)34(28)32-16-19-13-20(31)14-24(30)27(19)37-7-2/h8-17H,6-7H2,1-5H3. The molecule has 0 aliphatic rings. The molecule has 0 fully saturated rings. The minimum Gasteiger partial charge on any atom is -0.494 e. The van der Waals surface area contributed by atoms with Crippen LogP contribution in [0, 0.1) is 6.92 Å². The smallest absolute Gasteiger partial charge is 0.282 e. The number of halogens is 2. The second-order valence-electron chi connectivity index (χ2n) is 8.85. The van der Waals surface area contributed by atoms with E-state index in [0.29, 0.717) is 50.7 Å². The second-order valence-corrected chi connectivity index (χ2v) is 10.1. The summed E-state index contributed by atoms with van der Waals surface area (Å²) in [7, 11) is 0. The summed E-state index contributed by atoms with van der Waals surface area (Å²) in [5.41, 5.74) is 3.75. The maximum atomic E-state index is 13.7. The Balaban J connectivity index is 1.99. The molecule has 0 N–H and O–H groups in total. The highest BCUT2D eigenvalue weighted by Gasteiger charge is 2.19. The Morgan fingerprint density at radius 3 is 2.54 bits per heavy atom. The molecule has 0 bridgehead atoms. The highest BCUT2D eigenvalue weighted by atomic mass is 79.9. The van der Waals surface area contributed by atoms with Gasteiger partial charge in [-0.2, -0.15) is 9.78 Å². The molecule has 0 aliphatic carbocycles. The van der Waals surface area contributed by atoms with Crippen LogP contribution < -0.4 is 15.0 Å². The lowest BCUT2D eigenvalue weighted by molar-refractivity contribution is 0.335. The average Bonchev–Trinajstić information content (AvgIpc) is 2.85. The van der Waals surface area contributed by atoms with E-state index in [9.17, 15) is 4.79 Å². The Bertz CT molecular complexity index is 1550. The first kappa shape index (κ1) is 26.9. The monoisotopic (exact) mass is 581 g/mol. The summed E-state index contributed by atoms with van der Waals surface area (Å²) >= 11 is 9.82. The topological polar surface area (TPSA) is 65.7 Å². The largest absolute Gasteiger partial charge is 0.494 e. The van der Waals surface area contributed by atoms with Gasteiger partial charge in [0.25, 0.3) is 5.56 Å². The van der Waals surface area contributed by atoms with Crippen molar-refractivity contribution in [2.75, 3.05) is 13.2 Å². The van der Waals surface area contributed by atoms with Crippen LogP contribution >= 0.6 is 27.5 Å². The number of benzene rings is 3. The van der Waals surface area contributed by atoms with E-state index < -0.39 is 0 Å². The van der Waals surface area contributed by atoms with Gasteiger partial charge in [-0.05, 0) is 90.1 Å². The molecule has 1 heterocycles. The van der Waals surface area contributed by atoms with Crippen LogP contribution in [0.5, 0.6) is 11.5 Å². The van der Waals surface area contributed by atoms with Gasteiger partial charge in [0.1, 0.15) is 11.5 Å². The molecular formula is C29H29BrClN3O3. The van der Waals surface area contributed by atoms with Crippen LogP contribution in [0.15, 0.2) is 62.9 Å². The van der Waals surface area contributed by atoms with Gasteiger partial charge < -0.3 is 9.47 Å². The van der Waals surface area contributed by atoms with Crippen LogP contribution in [-0.2, 0) is 0 Å². The molecule has 0 unspecified atom stereocenters. The lowest BCUT2D eigenvalue weighted by Gasteiger charge is -2.18. The molecule has 3 aromatic carbocycles. The molecule has 0 saturated heterocycles. The Hall–Kier alpha value is -3.16. The minimum atomic E-state index is -0.268. The molecule has 37 heavy (non-hydrogen) atoms. The summed E-state index contributed by atoms with van der Waals surface area (Å²) in [6.45, 7) is 11.1. The van der Waals surface area contributed by atoms with E-state index >= 15 is 0 Å². The van der Waals surface area contributed by atoms with Crippen LogP contribution in [-0.4, -0.2) is 29.1 Å². The summed E-state index contributed by atoms with van der Waals surface area (Å²) in [6, 6.07) is 14.8. The van der Waals surface area contributed by atoms with E-state index in [-0.39, 0.29) is 11.5 Å². The molecular weight excluding hydrogens is 554 g/mol. The van der Waals surface area contributed by atoms with Crippen molar-refractivity contribution in [2.45, 2.75) is 40.5 Å². The van der Waals surface area contributed by atoms with Crippen molar-refractivity contribution in [3.8, 4) is 22.9 Å². The summed E-state index contributed by atoms with van der Waals surface area (Å²) < 4.78 is 13.8. The number of aromatic nitrogens is 2. The SMILES string of the molecule is CCOc1cc(C)c(-c2nc3ccccc3c(=O)n2N=Cc2cc(Cl)cc(Br)c2OCC)cc1C(C)C. The molecule has 0 amide bonds. The minimum absolute atomic E-state index is 0.211. The number of hydrogen-bond acceptors (Lipinski definition) is 5. The van der Waals surface area contributed by atoms with E-state index in [2.05, 4.69) is 40.9 Å². The summed E-state index contributed by atoms with van der Waals surface area (Å²) in [4.78, 5) is 18.6. The Kier molecular flexibility index (Phi) is 8.35. The summed E-state index contributed by atoms with van der Waals surface area (Å²) in [5.74, 6) is 2.09. The van der Waals surface area contributed by atoms with E-state index in [1.54, 1.807) is 24.4 Å². The third-order valence-corrected chi connectivity index (χ3v) is 6.72. The molecule has 1 aromatic heterocycles. The zero-order valence-electron chi connectivity index (χ0n) is 21.5. The van der Waals surface area contributed by atoms with Crippen molar-refractivity contribution in [2.24, 2.45) is 5.10 Å². The molecule has 0 aliphatic heterocycles. The quantitative estimate of drug-likeness (QED) is 0.201. The Labute approximate surface area is 230 Å². The van der Waals surface area contributed by atoms with Gasteiger partial charge in [0.15, 0.2) is 5.82 Å². The van der Waals surface area contributed by atoms with Gasteiger partial charge in [0, 0.05) is 16.1 Å². The van der Waals surface area contributed by atoms with Gasteiger partial charge in [-0.25, -0.2) is 4.98 Å². The van der Waals surface area contributed by atoms with Crippen LogP contribution in [0.25, 0.3) is 22.3 Å². The van der Waals surface area contributed by atoms with E-state index in [1.165, 1.54) is 4.68 Å². The first-order chi connectivity index (χ1) is 17.7. The number of rotatable bonds is 8. The third-order valence-electron chi connectivity index (χ3n) is 5.91. The fraction of sp³-hybridized carbons (Fsp3) is 0.276. The van der Waals surface area contributed by atoms with Crippen LogP contribution in [0.4, 0.5) is 0 Å². The predicted molar refractivity (Wildman–Crippen MR) is 155 cm³/mol. The first-order valence-electron chi connectivity index (χ1n) is 12.2. The number of para-hydroxylation sites is 1. The number of aryl methyl sites for hydroxylation is 1. The Morgan fingerprint density at radius 2 is 1.84 bits per heavy atom. The lowest BCUT2D eigenvalue weighted by atomic mass is 9.96. The van der Waals surface area contributed by atoms with Crippen LogP contribution in [0.1, 0.15) is 50.3 Å². The molecule has 192 valence electrons. The van der Waals surface area contributed by atoms with Gasteiger partial charge in [-0.3, -0.25) is 4.79 Å². The number of fused-ring (bicyclic) bond motifs is 1. The average molecular weight is 583 g/mol. The molecule has 0 atom stereocenters. The van der Waals surface area contributed by atoms with Gasteiger partial charge >= 0.3 is 0 Å². The molecule has 4 rings (SSSR count).